The molecule has 1 atom stereocenters. The van der Waals surface area contributed by atoms with Gasteiger partial charge in [-0.2, -0.15) is 0 Å². The average Bonchev–Trinajstić information content (AvgIpc) is 2.68. The second kappa shape index (κ2) is 6.08. The number of alkyl halides is 1. The molecule has 0 saturated carbocycles. The number of hydrogen-bond acceptors (Lipinski definition) is 3. The Hall–Kier alpha value is -0.610. The number of nitrogens with one attached hydrogen (secondary N) is 1. The first-order valence-corrected chi connectivity index (χ1v) is 6.30. The Kier molecular flexibility index (Phi) is 5.05. The lowest BCUT2D eigenvalue weighted by Crippen LogP contribution is -2.36. The molecule has 0 spiro atoms. The maximum Gasteiger partial charge on any atom is 0.263 e. The average molecular weight is 247 g/mol. The first kappa shape index (κ1) is 12.5. The van der Waals surface area contributed by atoms with Gasteiger partial charge < -0.3 is 5.32 Å². The predicted molar refractivity (Wildman–Crippen MR) is 63.5 cm³/mol. The van der Waals surface area contributed by atoms with E-state index in [0.717, 1.165) is 6.42 Å². The molecule has 1 unspecified atom stereocenters. The van der Waals surface area contributed by atoms with Crippen LogP contribution >= 0.6 is 22.9 Å². The monoisotopic (exact) mass is 246 g/mol. The minimum Gasteiger partial charge on any atom is -0.347 e. The van der Waals surface area contributed by atoms with Gasteiger partial charge in [0.25, 0.3) is 5.91 Å². The Morgan fingerprint density at radius 2 is 2.40 bits per heavy atom. The zero-order chi connectivity index (χ0) is 11.3. The van der Waals surface area contributed by atoms with Crippen molar-refractivity contribution in [1.82, 2.24) is 10.3 Å². The fourth-order valence-corrected chi connectivity index (χ4v) is 2.04. The van der Waals surface area contributed by atoms with Crippen molar-refractivity contribution in [2.75, 3.05) is 5.88 Å². The van der Waals surface area contributed by atoms with Crippen LogP contribution < -0.4 is 5.32 Å². The standard InChI is InChI=1S/C10H15ClN2OS/c1-7(2)3-8(4-11)13-10(14)9-5-12-6-15-9/h5-8H,3-4H2,1-2H3,(H,13,14). The van der Waals surface area contributed by atoms with Crippen molar-refractivity contribution in [3.63, 3.8) is 0 Å². The van der Waals surface area contributed by atoms with E-state index in [4.69, 9.17) is 11.6 Å². The van der Waals surface area contributed by atoms with Gasteiger partial charge >= 0.3 is 0 Å². The van der Waals surface area contributed by atoms with Crippen LogP contribution in [0.15, 0.2) is 11.7 Å². The molecule has 1 aromatic rings. The van der Waals surface area contributed by atoms with Gasteiger partial charge in [0.2, 0.25) is 0 Å². The molecule has 1 heterocycles. The van der Waals surface area contributed by atoms with Crippen molar-refractivity contribution in [2.45, 2.75) is 26.3 Å². The van der Waals surface area contributed by atoms with Crippen LogP contribution in [0.1, 0.15) is 29.9 Å². The van der Waals surface area contributed by atoms with E-state index in [0.29, 0.717) is 16.7 Å². The maximum absolute atomic E-state index is 11.7. The first-order valence-electron chi connectivity index (χ1n) is 4.88. The summed E-state index contributed by atoms with van der Waals surface area (Å²) in [4.78, 5) is 16.2. The Labute approximate surface area is 98.9 Å². The highest BCUT2D eigenvalue weighted by molar-refractivity contribution is 7.11. The van der Waals surface area contributed by atoms with Crippen LogP contribution in [0, 0.1) is 5.92 Å². The van der Waals surface area contributed by atoms with Crippen molar-refractivity contribution < 1.29 is 4.79 Å². The molecule has 0 radical (unpaired) electrons. The lowest BCUT2D eigenvalue weighted by molar-refractivity contribution is 0.0940. The van der Waals surface area contributed by atoms with Gasteiger partial charge in [0.05, 0.1) is 11.7 Å². The second-order valence-corrected chi connectivity index (χ2v) is 5.01. The molecule has 0 aliphatic carbocycles. The normalized spacial score (nSPS) is 12.8. The van der Waals surface area contributed by atoms with Crippen LogP contribution in [0.25, 0.3) is 0 Å². The molecule has 1 N–H and O–H groups in total. The predicted octanol–water partition coefficient (Wildman–Crippen LogP) is 2.53. The largest absolute Gasteiger partial charge is 0.347 e. The van der Waals surface area contributed by atoms with E-state index in [1.165, 1.54) is 11.3 Å². The number of nitrogens with zero attached hydrogens (tertiary/aromatic N) is 1. The highest BCUT2D eigenvalue weighted by Crippen LogP contribution is 2.09. The number of rotatable bonds is 5. The molecule has 1 rings (SSSR count). The first-order chi connectivity index (χ1) is 7.13. The molecule has 1 aromatic heterocycles. The highest BCUT2D eigenvalue weighted by Gasteiger charge is 2.14. The van der Waals surface area contributed by atoms with E-state index in [-0.39, 0.29) is 11.9 Å². The molecular formula is C10H15ClN2OS. The van der Waals surface area contributed by atoms with Crippen molar-refractivity contribution in [2.24, 2.45) is 5.92 Å². The molecule has 0 aliphatic heterocycles. The van der Waals surface area contributed by atoms with E-state index in [2.05, 4.69) is 24.1 Å². The van der Waals surface area contributed by atoms with Gasteiger partial charge in [0.1, 0.15) is 4.88 Å². The van der Waals surface area contributed by atoms with Crippen molar-refractivity contribution in [3.05, 3.63) is 16.6 Å². The summed E-state index contributed by atoms with van der Waals surface area (Å²) in [5, 5.41) is 2.90. The van der Waals surface area contributed by atoms with Gasteiger partial charge in [-0.05, 0) is 12.3 Å². The minimum absolute atomic E-state index is 0.0428. The molecular weight excluding hydrogens is 232 g/mol. The van der Waals surface area contributed by atoms with E-state index in [1.54, 1.807) is 11.7 Å². The Morgan fingerprint density at radius 1 is 1.67 bits per heavy atom. The molecule has 3 nitrogen and oxygen atoms in total. The third-order valence-corrected chi connectivity index (χ3v) is 3.08. The minimum atomic E-state index is -0.0798. The van der Waals surface area contributed by atoms with E-state index in [9.17, 15) is 4.79 Å². The summed E-state index contributed by atoms with van der Waals surface area (Å²) in [5.74, 6) is 0.891. The lowest BCUT2D eigenvalue weighted by Gasteiger charge is -2.17. The molecule has 15 heavy (non-hydrogen) atoms. The lowest BCUT2D eigenvalue weighted by atomic mass is 10.1. The molecule has 84 valence electrons. The number of amides is 1. The molecule has 0 fully saturated rings. The quantitative estimate of drug-likeness (QED) is 0.812. The van der Waals surface area contributed by atoms with E-state index in [1.807, 2.05) is 0 Å². The van der Waals surface area contributed by atoms with Crippen LogP contribution in [0.5, 0.6) is 0 Å². The Morgan fingerprint density at radius 3 is 2.87 bits per heavy atom. The number of aromatic nitrogens is 1. The number of thiazole rings is 1. The van der Waals surface area contributed by atoms with E-state index >= 15 is 0 Å². The number of halogens is 1. The highest BCUT2D eigenvalue weighted by atomic mass is 35.5. The summed E-state index contributed by atoms with van der Waals surface area (Å²) in [7, 11) is 0. The number of hydrogen-bond donors (Lipinski definition) is 1. The third-order valence-electron chi connectivity index (χ3n) is 1.93. The number of carbonyl (C=O) groups is 1. The molecule has 5 heteroatoms. The van der Waals surface area contributed by atoms with Gasteiger partial charge in [-0.25, -0.2) is 0 Å². The molecule has 1 amide bonds. The fourth-order valence-electron chi connectivity index (χ4n) is 1.31. The van der Waals surface area contributed by atoms with Gasteiger partial charge in [-0.15, -0.1) is 22.9 Å². The third kappa shape index (κ3) is 4.18. The Bertz CT molecular complexity index is 300. The fraction of sp³-hybridized carbons (Fsp3) is 0.600. The number of carbonyl (C=O) groups excluding carboxylic acids is 1. The SMILES string of the molecule is CC(C)CC(CCl)NC(=O)c1cncs1. The van der Waals surface area contributed by atoms with Crippen LogP contribution in [0.2, 0.25) is 0 Å². The van der Waals surface area contributed by atoms with Crippen LogP contribution in [0.3, 0.4) is 0 Å². The van der Waals surface area contributed by atoms with Crippen molar-refractivity contribution >= 4 is 28.8 Å². The smallest absolute Gasteiger partial charge is 0.263 e. The van der Waals surface area contributed by atoms with Crippen LogP contribution in [-0.2, 0) is 0 Å². The molecule has 0 aliphatic rings. The maximum atomic E-state index is 11.7. The zero-order valence-electron chi connectivity index (χ0n) is 8.87. The summed E-state index contributed by atoms with van der Waals surface area (Å²) >= 11 is 7.13. The summed E-state index contributed by atoms with van der Waals surface area (Å²) in [6.07, 6.45) is 2.47. The van der Waals surface area contributed by atoms with Gasteiger partial charge in [-0.1, -0.05) is 13.8 Å². The van der Waals surface area contributed by atoms with Crippen LogP contribution in [0.4, 0.5) is 0 Å². The second-order valence-electron chi connectivity index (χ2n) is 3.82. The summed E-state index contributed by atoms with van der Waals surface area (Å²) < 4.78 is 0. The van der Waals surface area contributed by atoms with Gasteiger partial charge in [-0.3, -0.25) is 9.78 Å². The summed E-state index contributed by atoms with van der Waals surface area (Å²) in [6.45, 7) is 4.22. The molecule has 0 saturated heterocycles. The molecule has 0 aromatic carbocycles. The zero-order valence-corrected chi connectivity index (χ0v) is 10.4. The summed E-state index contributed by atoms with van der Waals surface area (Å²) in [6, 6.07) is 0.0428. The Balaban J connectivity index is 2.48. The van der Waals surface area contributed by atoms with Crippen molar-refractivity contribution in [1.29, 1.82) is 0 Å². The van der Waals surface area contributed by atoms with E-state index < -0.39 is 0 Å². The van der Waals surface area contributed by atoms with Gasteiger partial charge in [0, 0.05) is 11.9 Å². The topological polar surface area (TPSA) is 42.0 Å². The molecule has 0 bridgehead atoms. The van der Waals surface area contributed by atoms with Gasteiger partial charge in [0.15, 0.2) is 0 Å². The van der Waals surface area contributed by atoms with Crippen molar-refractivity contribution in [3.8, 4) is 0 Å². The summed E-state index contributed by atoms with van der Waals surface area (Å²) in [5.41, 5.74) is 1.65. The van der Waals surface area contributed by atoms with Crippen LogP contribution in [-0.4, -0.2) is 22.8 Å².